The fourth-order valence-corrected chi connectivity index (χ4v) is 4.44. The molecule has 2 aromatic carbocycles. The highest BCUT2D eigenvalue weighted by Crippen LogP contribution is 2.46. The van der Waals surface area contributed by atoms with Crippen LogP contribution in [0.25, 0.3) is 10.9 Å². The lowest BCUT2D eigenvalue weighted by molar-refractivity contribution is -0.108. The second-order valence-electron chi connectivity index (χ2n) is 7.62. The van der Waals surface area contributed by atoms with Gasteiger partial charge in [0.15, 0.2) is 11.5 Å². The molecule has 8 heteroatoms. The molecule has 174 valence electrons. The molecular formula is C26H22Cl2N2O4. The minimum Gasteiger partial charge on any atom is -0.493 e. The highest BCUT2D eigenvalue weighted by Gasteiger charge is 2.27. The first-order valence-electron chi connectivity index (χ1n) is 10.4. The van der Waals surface area contributed by atoms with Gasteiger partial charge < -0.3 is 19.0 Å². The third-order valence-electron chi connectivity index (χ3n) is 5.48. The SMILES string of the molecule is COc1ccc(C(C=O)c2c(Cl)cncc2Cl)c(OCc2ccc3nc(C)ccc3c2)c1OC. The van der Waals surface area contributed by atoms with Crippen molar-refractivity contribution in [1.29, 1.82) is 0 Å². The number of hydrogen-bond donors (Lipinski definition) is 0. The van der Waals surface area contributed by atoms with Crippen molar-refractivity contribution in [3.8, 4) is 17.2 Å². The van der Waals surface area contributed by atoms with Gasteiger partial charge in [-0.15, -0.1) is 0 Å². The third-order valence-corrected chi connectivity index (χ3v) is 6.08. The number of methoxy groups -OCH3 is 2. The number of hydrogen-bond acceptors (Lipinski definition) is 6. The van der Waals surface area contributed by atoms with E-state index in [9.17, 15) is 4.79 Å². The Kier molecular flexibility index (Phi) is 7.20. The van der Waals surface area contributed by atoms with Crippen LogP contribution in [0, 0.1) is 6.92 Å². The number of nitrogens with zero attached hydrogens (tertiary/aromatic N) is 2. The number of ether oxygens (including phenoxy) is 3. The van der Waals surface area contributed by atoms with E-state index in [1.165, 1.54) is 26.6 Å². The summed E-state index contributed by atoms with van der Waals surface area (Å²) < 4.78 is 17.3. The predicted octanol–water partition coefficient (Wildman–Crippen LogP) is 6.17. The number of aromatic nitrogens is 2. The topological polar surface area (TPSA) is 70.5 Å². The standard InChI is InChI=1S/C26H22Cl2N2O4/c1-15-4-6-17-10-16(5-8-22(17)30-15)14-34-25-18(7-9-23(32-2)26(25)33-3)19(13-31)24-20(27)11-29-12-21(24)28/h4-13,19H,14H2,1-3H3. The molecule has 2 heterocycles. The van der Waals surface area contributed by atoms with E-state index in [1.807, 2.05) is 37.3 Å². The van der Waals surface area contributed by atoms with Crippen LogP contribution in [0.4, 0.5) is 0 Å². The molecule has 4 aromatic rings. The largest absolute Gasteiger partial charge is 0.493 e. The predicted molar refractivity (Wildman–Crippen MR) is 133 cm³/mol. The molecule has 0 radical (unpaired) electrons. The second kappa shape index (κ2) is 10.3. The molecule has 0 aliphatic rings. The first-order valence-corrected chi connectivity index (χ1v) is 11.2. The number of aldehydes is 1. The average Bonchev–Trinajstić information content (AvgIpc) is 2.84. The number of fused-ring (bicyclic) bond motifs is 1. The summed E-state index contributed by atoms with van der Waals surface area (Å²) in [5, 5.41) is 1.57. The molecule has 4 rings (SSSR count). The van der Waals surface area contributed by atoms with Gasteiger partial charge in [-0.1, -0.05) is 41.4 Å². The Morgan fingerprint density at radius 3 is 2.41 bits per heavy atom. The molecule has 0 saturated heterocycles. The van der Waals surface area contributed by atoms with E-state index in [0.29, 0.717) is 28.4 Å². The molecule has 1 atom stereocenters. The van der Waals surface area contributed by atoms with Crippen LogP contribution in [0.15, 0.2) is 54.9 Å². The summed E-state index contributed by atoms with van der Waals surface area (Å²) in [6.45, 7) is 2.18. The number of pyridine rings is 2. The van der Waals surface area contributed by atoms with Crippen LogP contribution in [0.3, 0.4) is 0 Å². The zero-order chi connectivity index (χ0) is 24.2. The van der Waals surface area contributed by atoms with E-state index in [4.69, 9.17) is 37.4 Å². The van der Waals surface area contributed by atoms with Gasteiger partial charge in [0, 0.05) is 34.6 Å². The molecule has 6 nitrogen and oxygen atoms in total. The minimum atomic E-state index is -0.804. The maximum Gasteiger partial charge on any atom is 0.203 e. The van der Waals surface area contributed by atoms with Gasteiger partial charge in [-0.25, -0.2) is 0 Å². The fraction of sp³-hybridized carbons (Fsp3) is 0.192. The molecule has 0 amide bonds. The van der Waals surface area contributed by atoms with Crippen LogP contribution < -0.4 is 14.2 Å². The van der Waals surface area contributed by atoms with Crippen molar-refractivity contribution in [1.82, 2.24) is 9.97 Å². The fourth-order valence-electron chi connectivity index (χ4n) is 3.85. The lowest BCUT2D eigenvalue weighted by Gasteiger charge is -2.22. The van der Waals surface area contributed by atoms with Crippen LogP contribution in [0.1, 0.15) is 28.3 Å². The number of benzene rings is 2. The second-order valence-corrected chi connectivity index (χ2v) is 8.43. The van der Waals surface area contributed by atoms with Crippen molar-refractivity contribution < 1.29 is 19.0 Å². The van der Waals surface area contributed by atoms with Crippen LogP contribution in [-0.4, -0.2) is 30.5 Å². The Hall–Kier alpha value is -3.35. The first-order chi connectivity index (χ1) is 16.5. The number of rotatable bonds is 8. The highest BCUT2D eigenvalue weighted by atomic mass is 35.5. The lowest BCUT2D eigenvalue weighted by Crippen LogP contribution is -2.09. The van der Waals surface area contributed by atoms with Gasteiger partial charge in [-0.2, -0.15) is 0 Å². The molecule has 0 aliphatic carbocycles. The molecule has 1 unspecified atom stereocenters. The van der Waals surface area contributed by atoms with Crippen molar-refractivity contribution in [2.45, 2.75) is 19.4 Å². The lowest BCUT2D eigenvalue weighted by atomic mass is 9.92. The van der Waals surface area contributed by atoms with Gasteiger partial charge in [0.1, 0.15) is 12.9 Å². The van der Waals surface area contributed by atoms with Gasteiger partial charge in [0.05, 0.1) is 35.7 Å². The number of aryl methyl sites for hydroxylation is 1. The van der Waals surface area contributed by atoms with Crippen LogP contribution >= 0.6 is 23.2 Å². The average molecular weight is 497 g/mol. The Morgan fingerprint density at radius 2 is 1.74 bits per heavy atom. The minimum absolute atomic E-state index is 0.226. The Morgan fingerprint density at radius 1 is 0.971 bits per heavy atom. The number of halogens is 2. The molecule has 0 saturated carbocycles. The molecule has 34 heavy (non-hydrogen) atoms. The van der Waals surface area contributed by atoms with Gasteiger partial charge in [-0.05, 0) is 36.8 Å². The van der Waals surface area contributed by atoms with Crippen molar-refractivity contribution >= 4 is 40.4 Å². The van der Waals surface area contributed by atoms with Crippen molar-refractivity contribution in [3.05, 3.63) is 87.3 Å². The molecule has 2 aromatic heterocycles. The normalized spacial score (nSPS) is 11.8. The van der Waals surface area contributed by atoms with Crippen LogP contribution in [0.2, 0.25) is 10.0 Å². The van der Waals surface area contributed by atoms with E-state index in [0.717, 1.165) is 28.4 Å². The van der Waals surface area contributed by atoms with E-state index in [2.05, 4.69) is 9.97 Å². The smallest absolute Gasteiger partial charge is 0.203 e. The third kappa shape index (κ3) is 4.65. The van der Waals surface area contributed by atoms with E-state index < -0.39 is 5.92 Å². The maximum absolute atomic E-state index is 12.3. The summed E-state index contributed by atoms with van der Waals surface area (Å²) in [4.78, 5) is 20.8. The van der Waals surface area contributed by atoms with E-state index in [-0.39, 0.29) is 16.7 Å². The number of carbonyl (C=O) groups excluding carboxylic acids is 1. The first kappa shape index (κ1) is 23.8. The molecule has 0 spiro atoms. The Balaban J connectivity index is 1.77. The van der Waals surface area contributed by atoms with Crippen LogP contribution in [0.5, 0.6) is 17.2 Å². The summed E-state index contributed by atoms with van der Waals surface area (Å²) in [7, 11) is 3.05. The monoisotopic (exact) mass is 496 g/mol. The van der Waals surface area contributed by atoms with Gasteiger partial charge in [0.25, 0.3) is 0 Å². The quantitative estimate of drug-likeness (QED) is 0.271. The summed E-state index contributed by atoms with van der Waals surface area (Å²) in [5.74, 6) is 0.397. The van der Waals surface area contributed by atoms with E-state index in [1.54, 1.807) is 12.1 Å². The van der Waals surface area contributed by atoms with Crippen molar-refractivity contribution in [2.75, 3.05) is 14.2 Å². The van der Waals surface area contributed by atoms with Crippen molar-refractivity contribution in [2.24, 2.45) is 0 Å². The zero-order valence-corrected chi connectivity index (χ0v) is 20.4. The van der Waals surface area contributed by atoms with Crippen molar-refractivity contribution in [3.63, 3.8) is 0 Å². The zero-order valence-electron chi connectivity index (χ0n) is 18.8. The molecule has 0 bridgehead atoms. The van der Waals surface area contributed by atoms with Gasteiger partial charge >= 0.3 is 0 Å². The van der Waals surface area contributed by atoms with Crippen LogP contribution in [-0.2, 0) is 11.4 Å². The maximum atomic E-state index is 12.3. The van der Waals surface area contributed by atoms with Gasteiger partial charge in [0.2, 0.25) is 5.75 Å². The summed E-state index contributed by atoms with van der Waals surface area (Å²) in [6.07, 6.45) is 3.67. The van der Waals surface area contributed by atoms with E-state index >= 15 is 0 Å². The summed E-state index contributed by atoms with van der Waals surface area (Å²) in [5.41, 5.74) is 3.77. The molecular weight excluding hydrogens is 475 g/mol. The summed E-state index contributed by atoms with van der Waals surface area (Å²) >= 11 is 12.7. The molecule has 0 aliphatic heterocycles. The number of carbonyl (C=O) groups is 1. The molecule has 0 fully saturated rings. The Labute approximate surface area is 207 Å². The Bertz CT molecular complexity index is 1340. The molecule has 0 N–H and O–H groups in total. The van der Waals surface area contributed by atoms with Gasteiger partial charge in [-0.3, -0.25) is 9.97 Å². The summed E-state index contributed by atoms with van der Waals surface area (Å²) in [6, 6.07) is 13.4. The highest BCUT2D eigenvalue weighted by molar-refractivity contribution is 6.36.